The van der Waals surface area contributed by atoms with Crippen LogP contribution in [0, 0.1) is 12.8 Å². The lowest BCUT2D eigenvalue weighted by Crippen LogP contribution is -2.52. The largest absolute Gasteiger partial charge is 0.493 e. The van der Waals surface area contributed by atoms with Crippen molar-refractivity contribution in [1.29, 1.82) is 0 Å². The second-order valence-electron chi connectivity index (χ2n) is 15.4. The van der Waals surface area contributed by atoms with Gasteiger partial charge in [0, 0.05) is 36.8 Å². The predicted molar refractivity (Wildman–Crippen MR) is 196 cm³/mol. The van der Waals surface area contributed by atoms with Gasteiger partial charge in [-0.1, -0.05) is 32.3 Å². The summed E-state index contributed by atoms with van der Waals surface area (Å²) in [6, 6.07) is 8.76. The van der Waals surface area contributed by atoms with Gasteiger partial charge in [-0.25, -0.2) is 14.8 Å². The van der Waals surface area contributed by atoms with Gasteiger partial charge >= 0.3 is 5.97 Å². The van der Waals surface area contributed by atoms with Crippen LogP contribution in [-0.4, -0.2) is 75.9 Å². The van der Waals surface area contributed by atoms with E-state index < -0.39 is 17.7 Å². The third-order valence-electron chi connectivity index (χ3n) is 10.3. The summed E-state index contributed by atoms with van der Waals surface area (Å²) in [5, 5.41) is 11.4. The number of carboxylic acids is 1. The Hall–Kier alpha value is -3.60. The molecule has 5 heterocycles. The van der Waals surface area contributed by atoms with Gasteiger partial charge in [-0.3, -0.25) is 4.98 Å². The van der Waals surface area contributed by atoms with E-state index in [2.05, 4.69) is 47.0 Å². The Kier molecular flexibility index (Phi) is 9.41. The number of aliphatic carboxylic acids is 1. The van der Waals surface area contributed by atoms with Gasteiger partial charge in [-0.05, 0) is 101 Å². The molecule has 10 heteroatoms. The van der Waals surface area contributed by atoms with E-state index in [1.807, 2.05) is 40.0 Å². The fourth-order valence-electron chi connectivity index (χ4n) is 8.03. The van der Waals surface area contributed by atoms with E-state index in [1.165, 1.54) is 24.8 Å². The standard InChI is InChI=1S/C39H49N5O4S/c1-23-9-7-8-10-25-13-16-47-31-12-11-26(19-28(25)31)34-33(35(38(45)46)48-39(3,4)5)24(2)18-29-36(34)49-37(42-29)30-20-40-21-32(41-30)44-15-14-43(6)22-27(44)17-23/h11-12,18-21,23,25,27,35H,7-10,13-17,22H2,1-6H3,(H,45,46). The van der Waals surface area contributed by atoms with Gasteiger partial charge in [0.25, 0.3) is 0 Å². The van der Waals surface area contributed by atoms with Crippen LogP contribution in [0.1, 0.15) is 94.9 Å². The lowest BCUT2D eigenvalue weighted by atomic mass is 9.84. The summed E-state index contributed by atoms with van der Waals surface area (Å²) < 4.78 is 13.4. The van der Waals surface area contributed by atoms with Crippen molar-refractivity contribution in [2.45, 2.75) is 96.8 Å². The van der Waals surface area contributed by atoms with Crippen molar-refractivity contribution in [1.82, 2.24) is 19.9 Å². The van der Waals surface area contributed by atoms with Crippen LogP contribution in [-0.2, 0) is 9.53 Å². The van der Waals surface area contributed by atoms with Crippen molar-refractivity contribution < 1.29 is 19.4 Å². The van der Waals surface area contributed by atoms with E-state index in [1.54, 1.807) is 17.5 Å². The quantitative estimate of drug-likeness (QED) is 0.229. The number of aromatic nitrogens is 3. The first kappa shape index (κ1) is 33.9. The molecule has 7 rings (SSSR count). The molecule has 0 aliphatic carbocycles. The molecule has 0 saturated carbocycles. The molecule has 2 aromatic carbocycles. The fraction of sp³-hybridized carbons (Fsp3) is 0.538. The Morgan fingerprint density at radius 3 is 2.71 bits per heavy atom. The molecule has 0 spiro atoms. The second-order valence-corrected chi connectivity index (χ2v) is 16.4. The van der Waals surface area contributed by atoms with E-state index in [0.717, 1.165) is 94.7 Å². The minimum atomic E-state index is -1.16. The predicted octanol–water partition coefficient (Wildman–Crippen LogP) is 8.26. The molecule has 260 valence electrons. The minimum Gasteiger partial charge on any atom is -0.493 e. The molecule has 4 aromatic rings. The van der Waals surface area contributed by atoms with Gasteiger partial charge in [0.1, 0.15) is 22.3 Å². The topological polar surface area (TPSA) is 101 Å². The maximum atomic E-state index is 13.0. The van der Waals surface area contributed by atoms with Crippen LogP contribution in [0.25, 0.3) is 32.0 Å². The number of thiazole rings is 1. The monoisotopic (exact) mass is 683 g/mol. The van der Waals surface area contributed by atoms with E-state index in [-0.39, 0.29) is 0 Å². The van der Waals surface area contributed by atoms with Gasteiger partial charge < -0.3 is 24.4 Å². The highest BCUT2D eigenvalue weighted by atomic mass is 32.1. The van der Waals surface area contributed by atoms with Gasteiger partial charge in [-0.2, -0.15) is 0 Å². The summed E-state index contributed by atoms with van der Waals surface area (Å²) in [6.45, 7) is 13.7. The number of likely N-dealkylation sites (N-methyl/N-ethyl adjacent to an activating group) is 1. The summed E-state index contributed by atoms with van der Waals surface area (Å²) in [4.78, 5) is 32.9. The fourth-order valence-corrected chi connectivity index (χ4v) is 9.11. The van der Waals surface area contributed by atoms with Crippen LogP contribution in [0.2, 0.25) is 0 Å². The number of ether oxygens (including phenoxy) is 2. The number of hydrogen-bond donors (Lipinski definition) is 1. The zero-order chi connectivity index (χ0) is 34.4. The van der Waals surface area contributed by atoms with Crippen molar-refractivity contribution in [2.24, 2.45) is 5.92 Å². The van der Waals surface area contributed by atoms with Crippen molar-refractivity contribution >= 4 is 33.3 Å². The molecule has 0 radical (unpaired) electrons. The summed E-state index contributed by atoms with van der Waals surface area (Å²) in [7, 11) is 2.21. The lowest BCUT2D eigenvalue weighted by molar-refractivity contribution is -0.160. The zero-order valence-electron chi connectivity index (χ0n) is 29.7. The highest BCUT2D eigenvalue weighted by molar-refractivity contribution is 7.22. The maximum absolute atomic E-state index is 13.0. The van der Waals surface area contributed by atoms with Crippen molar-refractivity contribution in [2.75, 3.05) is 38.2 Å². The number of anilines is 1. The van der Waals surface area contributed by atoms with E-state index >= 15 is 0 Å². The smallest absolute Gasteiger partial charge is 0.337 e. The van der Waals surface area contributed by atoms with Crippen LogP contribution < -0.4 is 9.64 Å². The summed E-state index contributed by atoms with van der Waals surface area (Å²) in [5.74, 6) is 1.81. The molecule has 1 N–H and O–H groups in total. The Labute approximate surface area is 293 Å². The molecule has 1 fully saturated rings. The van der Waals surface area contributed by atoms with Crippen LogP contribution in [0.3, 0.4) is 0 Å². The van der Waals surface area contributed by atoms with Crippen molar-refractivity contribution in [3.05, 3.63) is 53.3 Å². The molecule has 2 aromatic heterocycles. The Morgan fingerprint density at radius 2 is 1.92 bits per heavy atom. The molecule has 4 unspecified atom stereocenters. The van der Waals surface area contributed by atoms with Crippen LogP contribution in [0.15, 0.2) is 36.7 Å². The number of fused-ring (bicyclic) bond motifs is 8. The van der Waals surface area contributed by atoms with Gasteiger partial charge in [0.15, 0.2) is 6.10 Å². The van der Waals surface area contributed by atoms with Gasteiger partial charge in [-0.15, -0.1) is 11.3 Å². The van der Waals surface area contributed by atoms with Crippen molar-refractivity contribution in [3.8, 4) is 27.6 Å². The van der Waals surface area contributed by atoms with Crippen molar-refractivity contribution in [3.63, 3.8) is 0 Å². The number of carbonyl (C=O) groups is 1. The summed E-state index contributed by atoms with van der Waals surface area (Å²) in [5.41, 5.74) is 5.40. The zero-order valence-corrected chi connectivity index (χ0v) is 30.5. The lowest BCUT2D eigenvalue weighted by Gasteiger charge is -2.41. The first-order chi connectivity index (χ1) is 23.4. The van der Waals surface area contributed by atoms with Crippen LogP contribution in [0.5, 0.6) is 5.75 Å². The molecule has 3 aliphatic rings. The minimum absolute atomic E-state index is 0.364. The second kappa shape index (κ2) is 13.6. The van der Waals surface area contributed by atoms with Gasteiger partial charge in [0.05, 0.1) is 34.8 Å². The highest BCUT2D eigenvalue weighted by Gasteiger charge is 2.34. The van der Waals surface area contributed by atoms with Crippen LogP contribution >= 0.6 is 11.3 Å². The van der Waals surface area contributed by atoms with E-state index in [0.29, 0.717) is 23.4 Å². The molecule has 3 aliphatic heterocycles. The van der Waals surface area contributed by atoms with E-state index in [4.69, 9.17) is 19.4 Å². The third kappa shape index (κ3) is 7.05. The molecule has 6 bridgehead atoms. The number of aryl methyl sites for hydroxylation is 1. The summed E-state index contributed by atoms with van der Waals surface area (Å²) >= 11 is 1.55. The molecule has 9 nitrogen and oxygen atoms in total. The molecular formula is C39H49N5O4S. The molecule has 0 amide bonds. The van der Waals surface area contributed by atoms with Crippen LogP contribution in [0.4, 0.5) is 5.82 Å². The molecular weight excluding hydrogens is 635 g/mol. The summed E-state index contributed by atoms with van der Waals surface area (Å²) in [6.07, 6.45) is 9.31. The maximum Gasteiger partial charge on any atom is 0.337 e. The average Bonchev–Trinajstić information content (AvgIpc) is 3.48. The Bertz CT molecular complexity index is 1850. The molecule has 1 saturated heterocycles. The Balaban J connectivity index is 1.44. The number of benzene rings is 2. The SMILES string of the molecule is Cc1cc2nc3sc2c(c1C(OC(C)(C)C)C(=O)O)-c1ccc2c(c1)C(CCCCC(C)CC1CN(C)CCN1c1cncc-3n1)CCO2. The number of nitrogens with zero attached hydrogens (tertiary/aromatic N) is 5. The first-order valence-electron chi connectivity index (χ1n) is 17.8. The highest BCUT2D eigenvalue weighted by Crippen LogP contribution is 2.47. The number of piperazine rings is 1. The number of hydrogen-bond acceptors (Lipinski definition) is 9. The number of rotatable bonds is 3. The third-order valence-corrected chi connectivity index (χ3v) is 11.5. The van der Waals surface area contributed by atoms with E-state index in [9.17, 15) is 9.90 Å². The van der Waals surface area contributed by atoms with Gasteiger partial charge in [0.2, 0.25) is 0 Å². The normalized spacial score (nSPS) is 22.5. The number of carboxylic acid groups (broad SMARTS) is 1. The molecule has 4 atom stereocenters. The first-order valence-corrected chi connectivity index (χ1v) is 18.7. The average molecular weight is 684 g/mol. The Morgan fingerprint density at radius 1 is 1.10 bits per heavy atom. The molecule has 49 heavy (non-hydrogen) atoms.